The Labute approximate surface area is 121 Å². The number of rotatable bonds is 5. The van der Waals surface area contributed by atoms with E-state index in [2.05, 4.69) is 38.4 Å². The van der Waals surface area contributed by atoms with Crippen LogP contribution in [0.1, 0.15) is 12.0 Å². The Bertz CT molecular complexity index is 344. The second-order valence-corrected chi connectivity index (χ2v) is 4.85. The molecule has 0 aliphatic carbocycles. The third-order valence-electron chi connectivity index (χ3n) is 2.33. The maximum absolute atomic E-state index is 4.90. The van der Waals surface area contributed by atoms with Gasteiger partial charge in [0, 0.05) is 6.42 Å². The topological polar surface area (TPSA) is 21.6 Å². The van der Waals surface area contributed by atoms with Crippen LogP contribution in [0.25, 0.3) is 0 Å². The number of quaternary nitrogens is 1. The Morgan fingerprint density at radius 1 is 1.18 bits per heavy atom. The Morgan fingerprint density at radius 2 is 1.76 bits per heavy atom. The Kier molecular flexibility index (Phi) is 7.38. The molecule has 1 aromatic rings. The molecule has 0 spiro atoms. The predicted octanol–water partition coefficient (Wildman–Crippen LogP) is -0.863. The molecule has 0 saturated carbocycles. The number of oxime groups is 1. The zero-order valence-corrected chi connectivity index (χ0v) is 13.1. The Balaban J connectivity index is 0.00000256. The van der Waals surface area contributed by atoms with E-state index in [0.29, 0.717) is 0 Å². The van der Waals surface area contributed by atoms with Crippen LogP contribution in [-0.4, -0.2) is 45.0 Å². The molecule has 0 radical (unpaired) electrons. The van der Waals surface area contributed by atoms with Crippen molar-refractivity contribution in [3.63, 3.8) is 0 Å². The lowest BCUT2D eigenvalue weighted by molar-refractivity contribution is -0.869. The van der Waals surface area contributed by atoms with Gasteiger partial charge in [0.25, 0.3) is 0 Å². The van der Waals surface area contributed by atoms with Crippen LogP contribution in [0, 0.1) is 0 Å². The highest BCUT2D eigenvalue weighted by atomic mass is 127. The SMILES string of the molecule is CON=C(CC[N+](C)(C)C)c1ccccc1.[I-]. The highest BCUT2D eigenvalue weighted by Crippen LogP contribution is 2.07. The average molecular weight is 348 g/mol. The second-order valence-electron chi connectivity index (χ2n) is 4.85. The first-order valence-electron chi connectivity index (χ1n) is 5.49. The lowest BCUT2D eigenvalue weighted by Crippen LogP contribution is -3.00. The molecule has 0 amide bonds. The van der Waals surface area contributed by atoms with Gasteiger partial charge < -0.3 is 33.3 Å². The van der Waals surface area contributed by atoms with Crippen molar-refractivity contribution in [2.75, 3.05) is 34.8 Å². The summed E-state index contributed by atoms with van der Waals surface area (Å²) < 4.78 is 0.926. The molecule has 0 atom stereocenters. The fourth-order valence-electron chi connectivity index (χ4n) is 1.42. The molecule has 0 fully saturated rings. The summed E-state index contributed by atoms with van der Waals surface area (Å²) in [6.45, 7) is 1.04. The molecule has 1 aromatic carbocycles. The van der Waals surface area contributed by atoms with E-state index in [9.17, 15) is 0 Å². The molecule has 4 heteroatoms. The first-order chi connectivity index (χ1) is 7.53. The van der Waals surface area contributed by atoms with Crippen molar-refractivity contribution in [3.8, 4) is 0 Å². The third-order valence-corrected chi connectivity index (χ3v) is 2.33. The van der Waals surface area contributed by atoms with Crippen LogP contribution in [0.15, 0.2) is 35.5 Å². The molecule has 0 aliphatic rings. The van der Waals surface area contributed by atoms with Crippen molar-refractivity contribution < 1.29 is 33.3 Å². The van der Waals surface area contributed by atoms with Crippen molar-refractivity contribution in [2.45, 2.75) is 6.42 Å². The first kappa shape index (κ1) is 16.4. The maximum atomic E-state index is 4.90. The van der Waals surface area contributed by atoms with Crippen LogP contribution in [0.4, 0.5) is 0 Å². The summed E-state index contributed by atoms with van der Waals surface area (Å²) in [5.74, 6) is 0. The largest absolute Gasteiger partial charge is 1.00 e. The van der Waals surface area contributed by atoms with Gasteiger partial charge in [0.2, 0.25) is 0 Å². The molecule has 17 heavy (non-hydrogen) atoms. The van der Waals surface area contributed by atoms with Gasteiger partial charge in [0.1, 0.15) is 7.11 Å². The van der Waals surface area contributed by atoms with Gasteiger partial charge in [-0.2, -0.15) is 0 Å². The van der Waals surface area contributed by atoms with Crippen molar-refractivity contribution in [3.05, 3.63) is 35.9 Å². The number of nitrogens with zero attached hydrogens (tertiary/aromatic N) is 2. The Morgan fingerprint density at radius 3 is 2.24 bits per heavy atom. The molecule has 96 valence electrons. The quantitative estimate of drug-likeness (QED) is 0.294. The molecule has 0 saturated heterocycles. The highest BCUT2D eigenvalue weighted by molar-refractivity contribution is 6.00. The molecule has 3 nitrogen and oxygen atoms in total. The standard InChI is InChI=1S/C13H21N2O.HI/c1-15(2,3)11-10-13(14-16-4)12-8-6-5-7-9-12;/h5-9H,10-11H2,1-4H3;1H/q+1;/p-1. The summed E-state index contributed by atoms with van der Waals surface area (Å²) in [5.41, 5.74) is 2.15. The van der Waals surface area contributed by atoms with E-state index in [4.69, 9.17) is 4.84 Å². The van der Waals surface area contributed by atoms with Crippen LogP contribution >= 0.6 is 0 Å². The normalized spacial score (nSPS) is 11.9. The van der Waals surface area contributed by atoms with Gasteiger partial charge in [-0.25, -0.2) is 0 Å². The monoisotopic (exact) mass is 348 g/mol. The molecule has 1 rings (SSSR count). The fourth-order valence-corrected chi connectivity index (χ4v) is 1.42. The van der Waals surface area contributed by atoms with E-state index in [1.54, 1.807) is 7.11 Å². The number of benzene rings is 1. The van der Waals surface area contributed by atoms with Gasteiger partial charge in [0.05, 0.1) is 33.4 Å². The van der Waals surface area contributed by atoms with Gasteiger partial charge >= 0.3 is 0 Å². The lowest BCUT2D eigenvalue weighted by Gasteiger charge is -2.23. The molecule has 0 heterocycles. The summed E-state index contributed by atoms with van der Waals surface area (Å²) >= 11 is 0. The van der Waals surface area contributed by atoms with Crippen molar-refractivity contribution in [1.82, 2.24) is 0 Å². The molecule has 0 bridgehead atoms. The van der Waals surface area contributed by atoms with Gasteiger partial charge in [-0.05, 0) is 5.56 Å². The minimum absolute atomic E-state index is 0. The first-order valence-corrected chi connectivity index (χ1v) is 5.49. The predicted molar refractivity (Wildman–Crippen MR) is 67.5 cm³/mol. The number of hydrogen-bond donors (Lipinski definition) is 0. The zero-order chi connectivity index (χ0) is 12.0. The summed E-state index contributed by atoms with van der Waals surface area (Å²) in [4.78, 5) is 4.90. The maximum Gasteiger partial charge on any atom is 0.106 e. The summed E-state index contributed by atoms with van der Waals surface area (Å²) in [7, 11) is 8.12. The summed E-state index contributed by atoms with van der Waals surface area (Å²) in [6.07, 6.45) is 0.918. The van der Waals surface area contributed by atoms with E-state index < -0.39 is 0 Å². The number of hydrogen-bond acceptors (Lipinski definition) is 2. The lowest BCUT2D eigenvalue weighted by atomic mass is 10.1. The average Bonchev–Trinajstić information content (AvgIpc) is 2.24. The van der Waals surface area contributed by atoms with Crippen molar-refractivity contribution in [1.29, 1.82) is 0 Å². The molecular formula is C13H21IN2O. The van der Waals surface area contributed by atoms with Gasteiger partial charge in [-0.3, -0.25) is 0 Å². The van der Waals surface area contributed by atoms with Crippen LogP contribution in [0.2, 0.25) is 0 Å². The van der Waals surface area contributed by atoms with Crippen molar-refractivity contribution in [2.24, 2.45) is 5.16 Å². The van der Waals surface area contributed by atoms with Crippen LogP contribution < -0.4 is 24.0 Å². The van der Waals surface area contributed by atoms with E-state index in [-0.39, 0.29) is 24.0 Å². The smallest absolute Gasteiger partial charge is 0.106 e. The minimum atomic E-state index is 0. The molecule has 0 N–H and O–H groups in total. The third kappa shape index (κ3) is 6.63. The van der Waals surface area contributed by atoms with E-state index >= 15 is 0 Å². The van der Waals surface area contributed by atoms with Gasteiger partial charge in [-0.15, -0.1) is 0 Å². The van der Waals surface area contributed by atoms with Gasteiger partial charge in [-0.1, -0.05) is 35.5 Å². The number of halogens is 1. The fraction of sp³-hybridized carbons (Fsp3) is 0.462. The van der Waals surface area contributed by atoms with E-state index in [1.165, 1.54) is 0 Å². The van der Waals surface area contributed by atoms with Crippen LogP contribution in [0.3, 0.4) is 0 Å². The van der Waals surface area contributed by atoms with Crippen LogP contribution in [-0.2, 0) is 4.84 Å². The van der Waals surface area contributed by atoms with Gasteiger partial charge in [0.15, 0.2) is 0 Å². The van der Waals surface area contributed by atoms with Crippen LogP contribution in [0.5, 0.6) is 0 Å². The van der Waals surface area contributed by atoms with Crippen molar-refractivity contribution >= 4 is 5.71 Å². The zero-order valence-electron chi connectivity index (χ0n) is 11.0. The molecule has 0 aromatic heterocycles. The molecule has 0 unspecified atom stereocenters. The van der Waals surface area contributed by atoms with E-state index in [0.717, 1.165) is 28.7 Å². The highest BCUT2D eigenvalue weighted by Gasteiger charge is 2.11. The summed E-state index contributed by atoms with van der Waals surface area (Å²) in [5, 5.41) is 4.10. The second kappa shape index (κ2) is 7.66. The Hall–Kier alpha value is -0.620. The minimum Gasteiger partial charge on any atom is -1.00 e. The van der Waals surface area contributed by atoms with E-state index in [1.807, 2.05) is 18.2 Å². The summed E-state index contributed by atoms with van der Waals surface area (Å²) in [6, 6.07) is 10.2. The molecular weight excluding hydrogens is 327 g/mol. The molecule has 0 aliphatic heterocycles.